The van der Waals surface area contributed by atoms with Crippen molar-refractivity contribution in [3.8, 4) is 0 Å². The second-order valence-electron chi connectivity index (χ2n) is 4.71. The number of nitrogens with zero attached hydrogens (tertiary/aromatic N) is 2. The van der Waals surface area contributed by atoms with Gasteiger partial charge in [-0.05, 0) is 28.4 Å². The predicted molar refractivity (Wildman–Crippen MR) is 78.9 cm³/mol. The molecular weight excluding hydrogens is 306 g/mol. The van der Waals surface area contributed by atoms with Crippen LogP contribution < -0.4 is 5.73 Å². The Morgan fingerprint density at radius 3 is 3.00 bits per heavy atom. The lowest BCUT2D eigenvalue weighted by atomic mass is 10.1. The Hall–Kier alpha value is -1.62. The molecule has 0 atom stereocenters. The van der Waals surface area contributed by atoms with E-state index < -0.39 is 0 Å². The van der Waals surface area contributed by atoms with Crippen molar-refractivity contribution in [2.24, 2.45) is 0 Å². The fraction of sp³-hybridized carbons (Fsp3) is 0.286. The first-order valence-corrected chi connectivity index (χ1v) is 7.08. The third kappa shape index (κ3) is 1.80. The Bertz CT molecular complexity index is 684. The van der Waals surface area contributed by atoms with Crippen molar-refractivity contribution in [3.63, 3.8) is 0 Å². The number of hydrogen-bond donors (Lipinski definition) is 1. The summed E-state index contributed by atoms with van der Waals surface area (Å²) in [4.78, 5) is 18.7. The molecule has 4 nitrogen and oxygen atoms in total. The highest BCUT2D eigenvalue weighted by molar-refractivity contribution is 9.10. The Balaban J connectivity index is 2.23. The maximum Gasteiger partial charge on any atom is 0.258 e. The Labute approximate surface area is 119 Å². The van der Waals surface area contributed by atoms with Gasteiger partial charge in [-0.3, -0.25) is 4.79 Å². The predicted octanol–water partition coefficient (Wildman–Crippen LogP) is 2.95. The van der Waals surface area contributed by atoms with E-state index in [9.17, 15) is 4.79 Å². The molecule has 2 N–H and O–H groups in total. The van der Waals surface area contributed by atoms with E-state index in [-0.39, 0.29) is 5.91 Å². The number of hydrogen-bond acceptors (Lipinski definition) is 3. The van der Waals surface area contributed by atoms with Gasteiger partial charge in [0.2, 0.25) is 0 Å². The summed E-state index contributed by atoms with van der Waals surface area (Å²) >= 11 is 3.48. The summed E-state index contributed by atoms with van der Waals surface area (Å²) in [5.74, 6) is 0.00345. The van der Waals surface area contributed by atoms with E-state index in [0.29, 0.717) is 17.8 Å². The number of nitrogen functional groups attached to an aromatic ring is 1. The van der Waals surface area contributed by atoms with Gasteiger partial charge in [-0.25, -0.2) is 4.98 Å². The van der Waals surface area contributed by atoms with E-state index in [2.05, 4.69) is 27.8 Å². The van der Waals surface area contributed by atoms with Crippen molar-refractivity contribution < 1.29 is 4.79 Å². The van der Waals surface area contributed by atoms with E-state index >= 15 is 0 Å². The molecule has 19 heavy (non-hydrogen) atoms. The molecule has 5 heteroatoms. The number of halogens is 1. The van der Waals surface area contributed by atoms with E-state index in [1.54, 1.807) is 4.90 Å². The second-order valence-corrected chi connectivity index (χ2v) is 5.56. The Morgan fingerprint density at radius 1 is 1.47 bits per heavy atom. The van der Waals surface area contributed by atoms with Gasteiger partial charge in [-0.15, -0.1) is 0 Å². The van der Waals surface area contributed by atoms with Crippen LogP contribution in [0.1, 0.15) is 29.4 Å². The molecule has 1 aliphatic heterocycles. The van der Waals surface area contributed by atoms with Crippen molar-refractivity contribution in [2.45, 2.75) is 19.9 Å². The number of carbonyl (C=O) groups is 1. The van der Waals surface area contributed by atoms with Gasteiger partial charge in [0, 0.05) is 16.4 Å². The van der Waals surface area contributed by atoms with Crippen LogP contribution in [0.4, 0.5) is 5.69 Å². The van der Waals surface area contributed by atoms with Crippen LogP contribution >= 0.6 is 15.9 Å². The van der Waals surface area contributed by atoms with E-state index in [1.807, 2.05) is 18.2 Å². The molecule has 1 amide bonds. The molecular formula is C14H14BrN3O. The fourth-order valence-corrected chi connectivity index (χ4v) is 3.00. The van der Waals surface area contributed by atoms with Gasteiger partial charge in [0.1, 0.15) is 0 Å². The summed E-state index contributed by atoms with van der Waals surface area (Å²) < 4.78 is 0.904. The van der Waals surface area contributed by atoms with Gasteiger partial charge in [-0.1, -0.05) is 19.1 Å². The lowest BCUT2D eigenvalue weighted by Crippen LogP contribution is -2.24. The van der Waals surface area contributed by atoms with Gasteiger partial charge in [0.25, 0.3) is 5.91 Å². The molecule has 98 valence electrons. The molecule has 0 fully saturated rings. The SMILES string of the molecule is CCCN1Cc2nc3c(Br)cccc3c(N)c2C1=O. The summed E-state index contributed by atoms with van der Waals surface area (Å²) in [7, 11) is 0. The van der Waals surface area contributed by atoms with Crippen LogP contribution in [0.2, 0.25) is 0 Å². The molecule has 0 bridgehead atoms. The highest BCUT2D eigenvalue weighted by Crippen LogP contribution is 2.34. The van der Waals surface area contributed by atoms with Crippen LogP contribution in [0, 0.1) is 0 Å². The van der Waals surface area contributed by atoms with Crippen LogP contribution in [0.3, 0.4) is 0 Å². The molecule has 2 aromatic rings. The van der Waals surface area contributed by atoms with Crippen molar-refractivity contribution in [1.82, 2.24) is 9.88 Å². The van der Waals surface area contributed by atoms with Crippen LogP contribution in [0.5, 0.6) is 0 Å². The van der Waals surface area contributed by atoms with Gasteiger partial charge in [0.05, 0.1) is 29.0 Å². The molecule has 1 aliphatic rings. The summed E-state index contributed by atoms with van der Waals surface area (Å²) in [6, 6.07) is 5.74. The number of pyridine rings is 1. The monoisotopic (exact) mass is 319 g/mol. The number of anilines is 1. The number of rotatable bonds is 2. The fourth-order valence-electron chi connectivity index (χ4n) is 2.54. The smallest absolute Gasteiger partial charge is 0.258 e. The highest BCUT2D eigenvalue weighted by atomic mass is 79.9. The number of amides is 1. The molecule has 0 unspecified atom stereocenters. The molecule has 1 aromatic carbocycles. The normalized spacial score (nSPS) is 14.2. The molecule has 1 aromatic heterocycles. The quantitative estimate of drug-likeness (QED) is 0.925. The zero-order valence-corrected chi connectivity index (χ0v) is 12.2. The van der Waals surface area contributed by atoms with E-state index in [4.69, 9.17) is 5.73 Å². The Morgan fingerprint density at radius 2 is 2.26 bits per heavy atom. The van der Waals surface area contributed by atoms with Gasteiger partial charge < -0.3 is 10.6 Å². The first-order chi connectivity index (χ1) is 9.13. The minimum atomic E-state index is 0.00345. The molecule has 0 radical (unpaired) electrons. The maximum atomic E-state index is 12.3. The number of aromatic nitrogens is 1. The Kier molecular flexibility index (Phi) is 2.93. The molecule has 0 aliphatic carbocycles. The standard InChI is InChI=1S/C14H14BrN3O/c1-2-6-18-7-10-11(14(18)19)12(16)8-4-3-5-9(15)13(8)17-10/h3-5H,2,6-7H2,1H3,(H2,16,17). The number of nitrogens with two attached hydrogens (primary N) is 1. The number of carbonyl (C=O) groups excluding carboxylic acids is 1. The minimum absolute atomic E-state index is 0.00345. The van der Waals surface area contributed by atoms with Crippen molar-refractivity contribution in [1.29, 1.82) is 0 Å². The summed E-state index contributed by atoms with van der Waals surface area (Å²) in [6.07, 6.45) is 0.933. The zero-order valence-electron chi connectivity index (χ0n) is 10.6. The molecule has 0 saturated heterocycles. The van der Waals surface area contributed by atoms with E-state index in [0.717, 1.165) is 34.0 Å². The first-order valence-electron chi connectivity index (χ1n) is 6.29. The first kappa shape index (κ1) is 12.4. The topological polar surface area (TPSA) is 59.2 Å². The van der Waals surface area contributed by atoms with Crippen molar-refractivity contribution in [3.05, 3.63) is 33.9 Å². The van der Waals surface area contributed by atoms with Gasteiger partial charge in [-0.2, -0.15) is 0 Å². The van der Waals surface area contributed by atoms with Crippen molar-refractivity contribution in [2.75, 3.05) is 12.3 Å². The average molecular weight is 320 g/mol. The van der Waals surface area contributed by atoms with Crippen LogP contribution in [0.25, 0.3) is 10.9 Å². The summed E-state index contributed by atoms with van der Waals surface area (Å²) in [5, 5.41) is 0.833. The van der Waals surface area contributed by atoms with Crippen LogP contribution in [-0.4, -0.2) is 22.3 Å². The molecule has 0 saturated carbocycles. The zero-order chi connectivity index (χ0) is 13.6. The van der Waals surface area contributed by atoms with Crippen LogP contribution in [-0.2, 0) is 6.54 Å². The molecule has 0 spiro atoms. The third-order valence-corrected chi connectivity index (χ3v) is 4.06. The largest absolute Gasteiger partial charge is 0.397 e. The number of benzene rings is 1. The number of para-hydroxylation sites is 1. The van der Waals surface area contributed by atoms with Crippen molar-refractivity contribution >= 4 is 38.4 Å². The maximum absolute atomic E-state index is 12.3. The lowest BCUT2D eigenvalue weighted by Gasteiger charge is -2.13. The van der Waals surface area contributed by atoms with E-state index in [1.165, 1.54) is 0 Å². The highest BCUT2D eigenvalue weighted by Gasteiger charge is 2.31. The number of fused-ring (bicyclic) bond motifs is 2. The molecule has 3 rings (SSSR count). The molecule has 2 heterocycles. The van der Waals surface area contributed by atoms with Crippen LogP contribution in [0.15, 0.2) is 22.7 Å². The summed E-state index contributed by atoms with van der Waals surface area (Å²) in [6.45, 7) is 3.36. The average Bonchev–Trinajstić information content (AvgIpc) is 2.69. The van der Waals surface area contributed by atoms with Gasteiger partial charge in [0.15, 0.2) is 0 Å². The van der Waals surface area contributed by atoms with Gasteiger partial charge >= 0.3 is 0 Å². The lowest BCUT2D eigenvalue weighted by molar-refractivity contribution is 0.0779. The summed E-state index contributed by atoms with van der Waals surface area (Å²) in [5.41, 5.74) is 8.92. The minimum Gasteiger partial charge on any atom is -0.397 e. The second kappa shape index (κ2) is 4.49. The third-order valence-electron chi connectivity index (χ3n) is 3.42.